The summed E-state index contributed by atoms with van der Waals surface area (Å²) in [5.41, 5.74) is 1.36. The van der Waals surface area contributed by atoms with E-state index in [9.17, 15) is 0 Å². The van der Waals surface area contributed by atoms with Crippen molar-refractivity contribution in [2.45, 2.75) is 25.8 Å². The third kappa shape index (κ3) is 4.67. The van der Waals surface area contributed by atoms with Gasteiger partial charge in [0.15, 0.2) is 0 Å². The van der Waals surface area contributed by atoms with E-state index in [4.69, 9.17) is 4.74 Å². The molecule has 1 aromatic rings. The molecule has 0 fully saturated rings. The van der Waals surface area contributed by atoms with Gasteiger partial charge in [-0.05, 0) is 65.1 Å². The summed E-state index contributed by atoms with van der Waals surface area (Å²) in [5.74, 6) is 0.953. The highest BCUT2D eigenvalue weighted by molar-refractivity contribution is 5.29. The quantitative estimate of drug-likeness (QED) is 0.718. The van der Waals surface area contributed by atoms with E-state index in [-0.39, 0.29) is 0 Å². The fourth-order valence-corrected chi connectivity index (χ4v) is 2.15. The highest BCUT2D eigenvalue weighted by atomic mass is 16.5. The van der Waals surface area contributed by atoms with Gasteiger partial charge in [0, 0.05) is 6.04 Å². The molecule has 1 aromatic carbocycles. The smallest absolute Gasteiger partial charge is 0.119 e. The second kappa shape index (κ2) is 8.11. The van der Waals surface area contributed by atoms with Crippen LogP contribution in [0.25, 0.3) is 0 Å². The molecular weight excluding hydrogens is 224 g/mol. The maximum Gasteiger partial charge on any atom is 0.119 e. The lowest BCUT2D eigenvalue weighted by Crippen LogP contribution is -2.21. The summed E-state index contributed by atoms with van der Waals surface area (Å²) in [4.78, 5) is 2.28. The van der Waals surface area contributed by atoms with Crippen molar-refractivity contribution >= 4 is 0 Å². The number of rotatable bonds is 8. The van der Waals surface area contributed by atoms with Gasteiger partial charge in [0.25, 0.3) is 0 Å². The van der Waals surface area contributed by atoms with Crippen LogP contribution in [0.5, 0.6) is 5.75 Å². The lowest BCUT2D eigenvalue weighted by atomic mass is 10.0. The Kier molecular flexibility index (Phi) is 6.76. The van der Waals surface area contributed by atoms with Crippen LogP contribution < -0.4 is 10.1 Å². The van der Waals surface area contributed by atoms with Gasteiger partial charge in [0.1, 0.15) is 5.75 Å². The van der Waals surface area contributed by atoms with E-state index in [0.717, 1.165) is 18.9 Å². The van der Waals surface area contributed by atoms with Crippen LogP contribution in [0.4, 0.5) is 0 Å². The minimum atomic E-state index is 0.481. The second-order valence-corrected chi connectivity index (χ2v) is 4.73. The molecule has 0 saturated heterocycles. The number of nitrogens with one attached hydrogen (secondary N) is 1. The summed E-state index contributed by atoms with van der Waals surface area (Å²) in [6, 6.07) is 8.96. The van der Waals surface area contributed by atoms with Gasteiger partial charge in [-0.15, -0.1) is 0 Å². The highest BCUT2D eigenvalue weighted by Gasteiger charge is 2.13. The van der Waals surface area contributed by atoms with Gasteiger partial charge in [0.05, 0.1) is 6.61 Å². The minimum absolute atomic E-state index is 0.481. The first-order valence-corrected chi connectivity index (χ1v) is 6.72. The van der Waals surface area contributed by atoms with E-state index in [1.165, 1.54) is 18.4 Å². The minimum Gasteiger partial charge on any atom is -0.494 e. The fraction of sp³-hybridized carbons (Fsp3) is 0.600. The zero-order valence-electron chi connectivity index (χ0n) is 12.1. The predicted molar refractivity (Wildman–Crippen MR) is 77.2 cm³/mol. The van der Waals surface area contributed by atoms with Crippen LogP contribution in [0.2, 0.25) is 0 Å². The molecule has 0 aromatic heterocycles. The Balaban J connectivity index is 2.66. The SMILES string of the molecule is CCOc1ccc(C(CCCNC)N(C)C)cc1. The average molecular weight is 250 g/mol. The molecule has 0 aliphatic heterocycles. The average Bonchev–Trinajstić information content (AvgIpc) is 2.36. The Hall–Kier alpha value is -1.06. The van der Waals surface area contributed by atoms with Crippen molar-refractivity contribution in [2.24, 2.45) is 0 Å². The summed E-state index contributed by atoms with van der Waals surface area (Å²) < 4.78 is 5.48. The Bertz CT molecular complexity index is 322. The molecule has 102 valence electrons. The van der Waals surface area contributed by atoms with Crippen molar-refractivity contribution in [2.75, 3.05) is 34.3 Å². The lowest BCUT2D eigenvalue weighted by molar-refractivity contribution is 0.278. The fourth-order valence-electron chi connectivity index (χ4n) is 2.15. The number of nitrogens with zero attached hydrogens (tertiary/aromatic N) is 1. The van der Waals surface area contributed by atoms with Crippen LogP contribution >= 0.6 is 0 Å². The molecule has 18 heavy (non-hydrogen) atoms. The summed E-state index contributed by atoms with van der Waals surface area (Å²) in [7, 11) is 6.28. The maximum absolute atomic E-state index is 5.48. The summed E-state index contributed by atoms with van der Waals surface area (Å²) in [6.07, 6.45) is 2.36. The Labute approximate surface area is 111 Å². The van der Waals surface area contributed by atoms with Crippen molar-refractivity contribution in [1.29, 1.82) is 0 Å². The summed E-state index contributed by atoms with van der Waals surface area (Å²) >= 11 is 0. The number of hydrogen-bond donors (Lipinski definition) is 1. The second-order valence-electron chi connectivity index (χ2n) is 4.73. The molecule has 0 radical (unpaired) electrons. The van der Waals surface area contributed by atoms with Gasteiger partial charge in [-0.25, -0.2) is 0 Å². The standard InChI is InChI=1S/C15H26N2O/c1-5-18-14-10-8-13(9-11-14)15(17(3)4)7-6-12-16-2/h8-11,15-16H,5-7,12H2,1-4H3. The first kappa shape index (κ1) is 15.0. The lowest BCUT2D eigenvalue weighted by Gasteiger charge is -2.25. The van der Waals surface area contributed by atoms with Gasteiger partial charge >= 0.3 is 0 Å². The molecule has 0 spiro atoms. The first-order chi connectivity index (χ1) is 8.69. The van der Waals surface area contributed by atoms with Crippen molar-refractivity contribution < 1.29 is 4.74 Å². The largest absolute Gasteiger partial charge is 0.494 e. The zero-order chi connectivity index (χ0) is 13.4. The summed E-state index contributed by atoms with van der Waals surface area (Å²) in [5, 5.41) is 3.20. The monoisotopic (exact) mass is 250 g/mol. The van der Waals surface area contributed by atoms with Gasteiger partial charge in [-0.1, -0.05) is 12.1 Å². The molecule has 0 saturated carbocycles. The van der Waals surface area contributed by atoms with E-state index < -0.39 is 0 Å². The molecule has 3 heteroatoms. The topological polar surface area (TPSA) is 24.5 Å². The van der Waals surface area contributed by atoms with Crippen LogP contribution in [0.15, 0.2) is 24.3 Å². The zero-order valence-corrected chi connectivity index (χ0v) is 12.1. The number of ether oxygens (including phenoxy) is 1. The van der Waals surface area contributed by atoms with Gasteiger partial charge < -0.3 is 15.0 Å². The van der Waals surface area contributed by atoms with E-state index in [1.807, 2.05) is 14.0 Å². The van der Waals surface area contributed by atoms with Crippen molar-refractivity contribution in [3.05, 3.63) is 29.8 Å². The molecular formula is C15H26N2O. The molecule has 0 amide bonds. The number of benzene rings is 1. The van der Waals surface area contributed by atoms with Crippen LogP contribution in [-0.2, 0) is 0 Å². The van der Waals surface area contributed by atoms with Crippen LogP contribution in [0, 0.1) is 0 Å². The van der Waals surface area contributed by atoms with Gasteiger partial charge in [-0.3, -0.25) is 0 Å². The normalized spacial score (nSPS) is 12.7. The van der Waals surface area contributed by atoms with E-state index in [0.29, 0.717) is 6.04 Å². The molecule has 0 aliphatic rings. The predicted octanol–water partition coefficient (Wildman–Crippen LogP) is 2.69. The van der Waals surface area contributed by atoms with Crippen molar-refractivity contribution in [3.8, 4) is 5.75 Å². The summed E-state index contributed by atoms with van der Waals surface area (Å²) in [6.45, 7) is 3.80. The third-order valence-electron chi connectivity index (χ3n) is 3.10. The Morgan fingerprint density at radius 3 is 2.39 bits per heavy atom. The molecule has 1 atom stereocenters. The molecule has 0 heterocycles. The molecule has 1 N–H and O–H groups in total. The highest BCUT2D eigenvalue weighted by Crippen LogP contribution is 2.25. The molecule has 0 bridgehead atoms. The Morgan fingerprint density at radius 1 is 1.22 bits per heavy atom. The molecule has 3 nitrogen and oxygen atoms in total. The van der Waals surface area contributed by atoms with E-state index >= 15 is 0 Å². The maximum atomic E-state index is 5.48. The first-order valence-electron chi connectivity index (χ1n) is 6.72. The number of hydrogen-bond acceptors (Lipinski definition) is 3. The molecule has 1 unspecified atom stereocenters. The Morgan fingerprint density at radius 2 is 1.89 bits per heavy atom. The van der Waals surface area contributed by atoms with Gasteiger partial charge in [-0.2, -0.15) is 0 Å². The molecule has 1 rings (SSSR count). The third-order valence-corrected chi connectivity index (χ3v) is 3.10. The van der Waals surface area contributed by atoms with Crippen LogP contribution in [0.1, 0.15) is 31.4 Å². The van der Waals surface area contributed by atoms with Gasteiger partial charge in [0.2, 0.25) is 0 Å². The van der Waals surface area contributed by atoms with Crippen molar-refractivity contribution in [1.82, 2.24) is 10.2 Å². The molecule has 0 aliphatic carbocycles. The van der Waals surface area contributed by atoms with Crippen LogP contribution in [-0.4, -0.2) is 39.2 Å². The van der Waals surface area contributed by atoms with Crippen LogP contribution in [0.3, 0.4) is 0 Å². The van der Waals surface area contributed by atoms with Crippen molar-refractivity contribution in [3.63, 3.8) is 0 Å². The van der Waals surface area contributed by atoms with E-state index in [1.54, 1.807) is 0 Å². The van der Waals surface area contributed by atoms with E-state index in [2.05, 4.69) is 48.6 Å².